The summed E-state index contributed by atoms with van der Waals surface area (Å²) < 4.78 is 5.24. The Hall–Kier alpha value is -1.06. The van der Waals surface area contributed by atoms with Crippen molar-refractivity contribution in [2.24, 2.45) is 11.8 Å². The van der Waals surface area contributed by atoms with Gasteiger partial charge in [-0.3, -0.25) is 0 Å². The molecule has 0 saturated carbocycles. The lowest BCUT2D eigenvalue weighted by Gasteiger charge is -2.25. The Morgan fingerprint density at radius 1 is 1.20 bits per heavy atom. The highest BCUT2D eigenvalue weighted by Crippen LogP contribution is 2.25. The normalized spacial score (nSPS) is 24.8. The monoisotopic (exact) mass is 276 g/mol. The fraction of sp³-hybridized carbons (Fsp3) is 0.647. The number of ether oxygens (including phenoxy) is 1. The maximum absolute atomic E-state index is 5.24. The van der Waals surface area contributed by atoms with Gasteiger partial charge in [0, 0.05) is 25.7 Å². The molecule has 1 saturated heterocycles. The van der Waals surface area contributed by atoms with Crippen LogP contribution >= 0.6 is 0 Å². The van der Waals surface area contributed by atoms with Gasteiger partial charge >= 0.3 is 0 Å². The van der Waals surface area contributed by atoms with Crippen molar-refractivity contribution in [3.63, 3.8) is 0 Å². The maximum atomic E-state index is 5.24. The van der Waals surface area contributed by atoms with Gasteiger partial charge in [0.2, 0.25) is 0 Å². The first kappa shape index (κ1) is 15.3. The van der Waals surface area contributed by atoms with Crippen LogP contribution in [-0.4, -0.2) is 38.2 Å². The van der Waals surface area contributed by atoms with Crippen molar-refractivity contribution in [1.29, 1.82) is 0 Å². The molecule has 1 N–H and O–H groups in total. The van der Waals surface area contributed by atoms with E-state index in [0.29, 0.717) is 6.04 Å². The Morgan fingerprint density at radius 2 is 1.80 bits per heavy atom. The highest BCUT2D eigenvalue weighted by Gasteiger charge is 2.27. The molecule has 0 amide bonds. The smallest absolute Gasteiger partial charge is 0.118 e. The standard InChI is InChI=1S/C17H28N2O/c1-5-18-17(12-19-10-13(2)14(3)11-19)15-6-8-16(20-4)9-7-15/h6-9,13-14,17-18H,5,10-12H2,1-4H3. The van der Waals surface area contributed by atoms with Gasteiger partial charge in [-0.25, -0.2) is 0 Å². The molecule has 20 heavy (non-hydrogen) atoms. The fourth-order valence-electron chi connectivity index (χ4n) is 3.03. The van der Waals surface area contributed by atoms with Crippen molar-refractivity contribution in [3.8, 4) is 5.75 Å². The van der Waals surface area contributed by atoms with Crippen LogP contribution in [-0.2, 0) is 0 Å². The van der Waals surface area contributed by atoms with Crippen LogP contribution in [0, 0.1) is 11.8 Å². The van der Waals surface area contributed by atoms with E-state index < -0.39 is 0 Å². The van der Waals surface area contributed by atoms with Gasteiger partial charge < -0.3 is 15.0 Å². The Bertz CT molecular complexity index is 394. The quantitative estimate of drug-likeness (QED) is 0.864. The van der Waals surface area contributed by atoms with E-state index in [0.717, 1.165) is 30.7 Å². The number of nitrogens with one attached hydrogen (secondary N) is 1. The second-order valence-corrected chi connectivity index (χ2v) is 6.06. The third-order valence-electron chi connectivity index (χ3n) is 4.47. The topological polar surface area (TPSA) is 24.5 Å². The van der Waals surface area contributed by atoms with Crippen LogP contribution in [0.2, 0.25) is 0 Å². The van der Waals surface area contributed by atoms with E-state index in [1.165, 1.54) is 18.7 Å². The minimum absolute atomic E-state index is 0.406. The van der Waals surface area contributed by atoms with E-state index in [4.69, 9.17) is 4.74 Å². The summed E-state index contributed by atoms with van der Waals surface area (Å²) in [6, 6.07) is 8.86. The minimum Gasteiger partial charge on any atom is -0.497 e. The zero-order chi connectivity index (χ0) is 14.5. The molecular weight excluding hydrogens is 248 g/mol. The average molecular weight is 276 g/mol. The molecule has 0 spiro atoms. The lowest BCUT2D eigenvalue weighted by atomic mass is 10.0. The third-order valence-corrected chi connectivity index (χ3v) is 4.47. The average Bonchev–Trinajstić information content (AvgIpc) is 2.77. The second-order valence-electron chi connectivity index (χ2n) is 6.06. The SMILES string of the molecule is CCNC(CN1CC(C)C(C)C1)c1ccc(OC)cc1. The number of rotatable bonds is 6. The predicted octanol–water partition coefficient (Wildman–Crippen LogP) is 2.93. The van der Waals surface area contributed by atoms with E-state index in [-0.39, 0.29) is 0 Å². The molecule has 1 aliphatic rings. The first-order valence-electron chi connectivity index (χ1n) is 7.73. The van der Waals surface area contributed by atoms with E-state index in [9.17, 15) is 0 Å². The summed E-state index contributed by atoms with van der Waals surface area (Å²) in [4.78, 5) is 2.59. The van der Waals surface area contributed by atoms with E-state index in [1.54, 1.807) is 7.11 Å². The van der Waals surface area contributed by atoms with Crippen molar-refractivity contribution in [3.05, 3.63) is 29.8 Å². The molecule has 0 bridgehead atoms. The molecular formula is C17H28N2O. The summed E-state index contributed by atoms with van der Waals surface area (Å²) in [5.74, 6) is 2.55. The number of benzene rings is 1. The summed E-state index contributed by atoms with van der Waals surface area (Å²) in [5, 5.41) is 3.61. The largest absolute Gasteiger partial charge is 0.497 e. The van der Waals surface area contributed by atoms with Crippen molar-refractivity contribution in [2.75, 3.05) is 33.3 Å². The van der Waals surface area contributed by atoms with Crippen LogP contribution in [0.4, 0.5) is 0 Å². The van der Waals surface area contributed by atoms with Gasteiger partial charge in [0.05, 0.1) is 7.11 Å². The van der Waals surface area contributed by atoms with Gasteiger partial charge in [-0.15, -0.1) is 0 Å². The van der Waals surface area contributed by atoms with E-state index >= 15 is 0 Å². The van der Waals surface area contributed by atoms with Crippen molar-refractivity contribution < 1.29 is 4.74 Å². The Balaban J connectivity index is 2.02. The number of methoxy groups -OCH3 is 1. The minimum atomic E-state index is 0.406. The molecule has 1 fully saturated rings. The second kappa shape index (κ2) is 7.09. The zero-order valence-electron chi connectivity index (χ0n) is 13.2. The Kier molecular flexibility index (Phi) is 5.44. The van der Waals surface area contributed by atoms with Gasteiger partial charge in [-0.05, 0) is 36.1 Å². The molecule has 1 aliphatic heterocycles. The van der Waals surface area contributed by atoms with Crippen molar-refractivity contribution in [2.45, 2.75) is 26.8 Å². The van der Waals surface area contributed by atoms with Gasteiger partial charge in [0.15, 0.2) is 0 Å². The van der Waals surface area contributed by atoms with Crippen LogP contribution in [0.15, 0.2) is 24.3 Å². The first-order chi connectivity index (χ1) is 9.63. The number of hydrogen-bond donors (Lipinski definition) is 1. The van der Waals surface area contributed by atoms with Crippen LogP contribution in [0.3, 0.4) is 0 Å². The molecule has 3 heteroatoms. The predicted molar refractivity (Wildman–Crippen MR) is 84.2 cm³/mol. The molecule has 0 radical (unpaired) electrons. The lowest BCUT2D eigenvalue weighted by molar-refractivity contribution is 0.283. The van der Waals surface area contributed by atoms with E-state index in [2.05, 4.69) is 55.3 Å². The molecule has 112 valence electrons. The summed E-state index contributed by atoms with van der Waals surface area (Å²) >= 11 is 0. The number of likely N-dealkylation sites (N-methyl/N-ethyl adjacent to an activating group) is 1. The van der Waals surface area contributed by atoms with Gasteiger partial charge in [0.1, 0.15) is 5.75 Å². The fourth-order valence-corrected chi connectivity index (χ4v) is 3.03. The molecule has 1 aromatic rings. The van der Waals surface area contributed by atoms with Gasteiger partial charge in [0.25, 0.3) is 0 Å². The number of nitrogens with zero attached hydrogens (tertiary/aromatic N) is 1. The van der Waals surface area contributed by atoms with E-state index in [1.807, 2.05) is 0 Å². The molecule has 1 aromatic carbocycles. The van der Waals surface area contributed by atoms with Crippen LogP contribution in [0.25, 0.3) is 0 Å². The summed E-state index contributed by atoms with van der Waals surface area (Å²) in [5.41, 5.74) is 1.35. The number of hydrogen-bond acceptors (Lipinski definition) is 3. The molecule has 3 unspecified atom stereocenters. The van der Waals surface area contributed by atoms with Crippen LogP contribution in [0.5, 0.6) is 5.75 Å². The van der Waals surface area contributed by atoms with Crippen molar-refractivity contribution in [1.82, 2.24) is 10.2 Å². The third kappa shape index (κ3) is 3.74. The summed E-state index contributed by atoms with van der Waals surface area (Å²) in [7, 11) is 1.71. The van der Waals surface area contributed by atoms with Crippen LogP contribution in [0.1, 0.15) is 32.4 Å². The zero-order valence-corrected chi connectivity index (χ0v) is 13.2. The summed E-state index contributed by atoms with van der Waals surface area (Å²) in [6.45, 7) is 11.4. The first-order valence-corrected chi connectivity index (χ1v) is 7.73. The van der Waals surface area contributed by atoms with Gasteiger partial charge in [-0.1, -0.05) is 32.9 Å². The Labute approximate surface area is 123 Å². The van der Waals surface area contributed by atoms with Crippen LogP contribution < -0.4 is 10.1 Å². The maximum Gasteiger partial charge on any atom is 0.118 e. The van der Waals surface area contributed by atoms with Gasteiger partial charge in [-0.2, -0.15) is 0 Å². The highest BCUT2D eigenvalue weighted by atomic mass is 16.5. The Morgan fingerprint density at radius 3 is 2.30 bits per heavy atom. The molecule has 3 nitrogen and oxygen atoms in total. The molecule has 0 aliphatic carbocycles. The molecule has 2 rings (SSSR count). The lowest BCUT2D eigenvalue weighted by Crippen LogP contribution is -2.34. The number of likely N-dealkylation sites (tertiary alicyclic amines) is 1. The summed E-state index contributed by atoms with van der Waals surface area (Å²) in [6.07, 6.45) is 0. The molecule has 0 aromatic heterocycles. The van der Waals surface area contributed by atoms with Crippen molar-refractivity contribution >= 4 is 0 Å². The molecule has 1 heterocycles. The highest BCUT2D eigenvalue weighted by molar-refractivity contribution is 5.29. The molecule has 3 atom stereocenters.